The predicted octanol–water partition coefficient (Wildman–Crippen LogP) is 5.30. The first-order valence-electron chi connectivity index (χ1n) is 8.10. The van der Waals surface area contributed by atoms with Gasteiger partial charge < -0.3 is 15.5 Å². The highest BCUT2D eigenvalue weighted by atomic mass is 35.5. The molecule has 0 aliphatic heterocycles. The van der Waals surface area contributed by atoms with Crippen molar-refractivity contribution in [3.8, 4) is 5.75 Å². The Kier molecular flexibility index (Phi) is 5.86. The van der Waals surface area contributed by atoms with Crippen molar-refractivity contribution in [3.63, 3.8) is 0 Å². The van der Waals surface area contributed by atoms with Crippen molar-refractivity contribution in [2.24, 2.45) is 0 Å². The lowest BCUT2D eigenvalue weighted by molar-refractivity contribution is 0.0955. The zero-order chi connectivity index (χ0) is 18.8. The molecule has 0 atom stereocenters. The first kappa shape index (κ1) is 19.8. The molecular formula is C18H25ClN2O2SSi. The van der Waals surface area contributed by atoms with Crippen molar-refractivity contribution in [3.05, 3.63) is 45.1 Å². The number of rotatable bonds is 5. The standard InChI is InChI=1S/C18H25ClN2O2SSi/c1-18(2,3)25(4,5)23-13-6-7-14(20)12(10-13)11-21-17(22)15-8-9-16(19)24-15/h6-10H,11,20H2,1-5H3,(H,21,22). The highest BCUT2D eigenvalue weighted by molar-refractivity contribution is 7.18. The summed E-state index contributed by atoms with van der Waals surface area (Å²) in [6.45, 7) is 11.3. The van der Waals surface area contributed by atoms with Crippen LogP contribution >= 0.6 is 22.9 Å². The Morgan fingerprint density at radius 1 is 1.28 bits per heavy atom. The second kappa shape index (κ2) is 7.39. The lowest BCUT2D eigenvalue weighted by atomic mass is 10.1. The molecule has 1 aromatic carbocycles. The first-order valence-corrected chi connectivity index (χ1v) is 12.2. The highest BCUT2D eigenvalue weighted by Gasteiger charge is 2.39. The number of nitrogens with one attached hydrogen (secondary N) is 1. The fraction of sp³-hybridized carbons (Fsp3) is 0.389. The van der Waals surface area contributed by atoms with Crippen LogP contribution in [0.4, 0.5) is 5.69 Å². The van der Waals surface area contributed by atoms with E-state index in [0.717, 1.165) is 11.3 Å². The maximum Gasteiger partial charge on any atom is 0.261 e. The molecule has 3 N–H and O–H groups in total. The largest absolute Gasteiger partial charge is 0.543 e. The molecule has 0 saturated carbocycles. The number of nitrogen functional groups attached to an aromatic ring is 1. The second-order valence-electron chi connectivity index (χ2n) is 7.51. The van der Waals surface area contributed by atoms with Gasteiger partial charge in [0, 0.05) is 12.2 Å². The van der Waals surface area contributed by atoms with Gasteiger partial charge in [0.1, 0.15) is 5.75 Å². The number of hydrogen-bond donors (Lipinski definition) is 2. The van der Waals surface area contributed by atoms with Gasteiger partial charge in [-0.15, -0.1) is 11.3 Å². The summed E-state index contributed by atoms with van der Waals surface area (Å²) in [6.07, 6.45) is 0. The maximum absolute atomic E-state index is 12.2. The predicted molar refractivity (Wildman–Crippen MR) is 109 cm³/mol. The Hall–Kier alpha value is -1.50. The number of thiophene rings is 1. The van der Waals surface area contributed by atoms with Gasteiger partial charge in [0.25, 0.3) is 5.91 Å². The zero-order valence-electron chi connectivity index (χ0n) is 15.3. The highest BCUT2D eigenvalue weighted by Crippen LogP contribution is 2.37. The van der Waals surface area contributed by atoms with Gasteiger partial charge in [0.05, 0.1) is 9.21 Å². The third kappa shape index (κ3) is 5.00. The molecule has 136 valence electrons. The van der Waals surface area contributed by atoms with Gasteiger partial charge in [-0.2, -0.15) is 0 Å². The van der Waals surface area contributed by atoms with Crippen LogP contribution in [0.3, 0.4) is 0 Å². The molecule has 1 amide bonds. The average Bonchev–Trinajstić information content (AvgIpc) is 2.92. The van der Waals surface area contributed by atoms with Gasteiger partial charge in [-0.05, 0) is 54.0 Å². The molecule has 1 heterocycles. The molecule has 0 radical (unpaired) electrons. The van der Waals surface area contributed by atoms with Crippen LogP contribution in [0.15, 0.2) is 30.3 Å². The molecule has 0 fully saturated rings. The van der Waals surface area contributed by atoms with E-state index in [-0.39, 0.29) is 10.9 Å². The van der Waals surface area contributed by atoms with E-state index >= 15 is 0 Å². The number of hydrogen-bond acceptors (Lipinski definition) is 4. The lowest BCUT2D eigenvalue weighted by Gasteiger charge is -2.36. The quantitative estimate of drug-likeness (QED) is 0.532. The lowest BCUT2D eigenvalue weighted by Crippen LogP contribution is -2.43. The van der Waals surface area contributed by atoms with Crippen LogP contribution in [0.5, 0.6) is 5.75 Å². The van der Waals surface area contributed by atoms with E-state index in [1.807, 2.05) is 18.2 Å². The number of anilines is 1. The van der Waals surface area contributed by atoms with Gasteiger partial charge in [0.2, 0.25) is 8.32 Å². The number of benzene rings is 1. The Morgan fingerprint density at radius 2 is 1.96 bits per heavy atom. The van der Waals surface area contributed by atoms with Crippen LogP contribution in [0.2, 0.25) is 22.5 Å². The van der Waals surface area contributed by atoms with Gasteiger partial charge in [0.15, 0.2) is 0 Å². The molecule has 0 aliphatic rings. The zero-order valence-corrected chi connectivity index (χ0v) is 17.8. The molecule has 7 heteroatoms. The molecule has 4 nitrogen and oxygen atoms in total. The smallest absolute Gasteiger partial charge is 0.261 e. The maximum atomic E-state index is 12.2. The third-order valence-electron chi connectivity index (χ3n) is 4.53. The SMILES string of the molecule is CC(C)(C)[Si](C)(C)Oc1ccc(N)c(CNC(=O)c2ccc(Cl)s2)c1. The van der Waals surface area contributed by atoms with Crippen molar-refractivity contribution >= 4 is 42.8 Å². The molecule has 2 rings (SSSR count). The molecule has 0 bridgehead atoms. The summed E-state index contributed by atoms with van der Waals surface area (Å²) in [5.74, 6) is 0.635. The average molecular weight is 397 g/mol. The summed E-state index contributed by atoms with van der Waals surface area (Å²) in [7, 11) is -1.92. The summed E-state index contributed by atoms with van der Waals surface area (Å²) in [4.78, 5) is 12.7. The normalized spacial score (nSPS) is 12.1. The van der Waals surface area contributed by atoms with Crippen molar-refractivity contribution in [2.75, 3.05) is 5.73 Å². The Bertz CT molecular complexity index is 769. The summed E-state index contributed by atoms with van der Waals surface area (Å²) in [5, 5.41) is 2.99. The van der Waals surface area contributed by atoms with Crippen molar-refractivity contribution in [1.29, 1.82) is 0 Å². The van der Waals surface area contributed by atoms with E-state index < -0.39 is 8.32 Å². The van der Waals surface area contributed by atoms with E-state index in [0.29, 0.717) is 21.4 Å². The summed E-state index contributed by atoms with van der Waals surface area (Å²) in [6, 6.07) is 9.05. The molecule has 0 saturated heterocycles. The minimum absolute atomic E-state index is 0.112. The Labute approximate surface area is 159 Å². The van der Waals surface area contributed by atoms with Gasteiger partial charge in [-0.25, -0.2) is 0 Å². The van der Waals surface area contributed by atoms with Gasteiger partial charge >= 0.3 is 0 Å². The van der Waals surface area contributed by atoms with E-state index in [1.165, 1.54) is 11.3 Å². The number of nitrogens with two attached hydrogens (primary N) is 1. The van der Waals surface area contributed by atoms with E-state index in [4.69, 9.17) is 21.8 Å². The molecule has 2 aromatic rings. The summed E-state index contributed by atoms with van der Waals surface area (Å²) in [5.41, 5.74) is 7.53. The fourth-order valence-electron chi connectivity index (χ4n) is 1.95. The molecule has 1 aromatic heterocycles. The van der Waals surface area contributed by atoms with Crippen molar-refractivity contribution < 1.29 is 9.22 Å². The van der Waals surface area contributed by atoms with Crippen LogP contribution in [0, 0.1) is 0 Å². The molecule has 0 aliphatic carbocycles. The van der Waals surface area contributed by atoms with E-state index in [1.54, 1.807) is 12.1 Å². The minimum Gasteiger partial charge on any atom is -0.543 e. The van der Waals surface area contributed by atoms with E-state index in [2.05, 4.69) is 39.2 Å². The minimum atomic E-state index is -1.92. The Balaban J connectivity index is 2.10. The Morgan fingerprint density at radius 3 is 2.52 bits per heavy atom. The van der Waals surface area contributed by atoms with Crippen LogP contribution in [-0.2, 0) is 6.54 Å². The van der Waals surface area contributed by atoms with Crippen molar-refractivity contribution in [2.45, 2.75) is 45.4 Å². The van der Waals surface area contributed by atoms with Crippen LogP contribution in [-0.4, -0.2) is 14.2 Å². The number of halogens is 1. The monoisotopic (exact) mass is 396 g/mol. The first-order chi connectivity index (χ1) is 11.5. The third-order valence-corrected chi connectivity index (χ3v) is 10.1. The summed E-state index contributed by atoms with van der Waals surface area (Å²) < 4.78 is 6.90. The molecule has 25 heavy (non-hydrogen) atoms. The topological polar surface area (TPSA) is 64.3 Å². The molecule has 0 unspecified atom stereocenters. The number of carbonyl (C=O) groups excluding carboxylic acids is 1. The number of carbonyl (C=O) groups is 1. The number of amides is 1. The van der Waals surface area contributed by atoms with Crippen molar-refractivity contribution in [1.82, 2.24) is 5.32 Å². The van der Waals surface area contributed by atoms with Gasteiger partial charge in [-0.1, -0.05) is 32.4 Å². The van der Waals surface area contributed by atoms with Crippen LogP contribution in [0.25, 0.3) is 0 Å². The van der Waals surface area contributed by atoms with Crippen LogP contribution < -0.4 is 15.5 Å². The van der Waals surface area contributed by atoms with Crippen LogP contribution in [0.1, 0.15) is 36.0 Å². The van der Waals surface area contributed by atoms with Gasteiger partial charge in [-0.3, -0.25) is 4.79 Å². The summed E-state index contributed by atoms with van der Waals surface area (Å²) >= 11 is 7.12. The molecular weight excluding hydrogens is 372 g/mol. The molecule has 0 spiro atoms. The second-order valence-corrected chi connectivity index (χ2v) is 13.9. The fourth-order valence-corrected chi connectivity index (χ4v) is 3.93. The van der Waals surface area contributed by atoms with E-state index in [9.17, 15) is 4.79 Å².